The minimum atomic E-state index is -0.961. The molecular weight excluding hydrogens is 242 g/mol. The number of carbonyl (C=O) groups excluding carboxylic acids is 2. The van der Waals surface area contributed by atoms with E-state index in [0.717, 1.165) is 0 Å². The van der Waals surface area contributed by atoms with Crippen LogP contribution in [0.4, 0.5) is 16.2 Å². The topological polar surface area (TPSA) is 75.4 Å². The number of halogens is 1. The first kappa shape index (κ1) is 11.7. The fraction of sp³-hybridized carbons (Fsp3) is 0.273. The van der Waals surface area contributed by atoms with Gasteiger partial charge in [-0.1, -0.05) is 11.6 Å². The number of imide groups is 1. The van der Waals surface area contributed by atoms with Crippen molar-refractivity contribution in [3.8, 4) is 0 Å². The summed E-state index contributed by atoms with van der Waals surface area (Å²) in [7, 11) is 0. The number of urea groups is 1. The molecule has 0 radical (unpaired) electrons. The Bertz CT molecular complexity index is 513. The zero-order chi connectivity index (χ0) is 12.8. The Morgan fingerprint density at radius 1 is 1.35 bits per heavy atom. The maximum atomic E-state index is 11.7. The quantitative estimate of drug-likeness (QED) is 0.591. The van der Waals surface area contributed by atoms with Crippen LogP contribution in [0.25, 0.3) is 0 Å². The molecule has 2 rings (SSSR count). The highest BCUT2D eigenvalue weighted by molar-refractivity contribution is 6.34. The van der Waals surface area contributed by atoms with E-state index in [-0.39, 0.29) is 5.91 Å². The molecule has 3 N–H and O–H groups in total. The van der Waals surface area contributed by atoms with E-state index in [1.165, 1.54) is 4.90 Å². The van der Waals surface area contributed by atoms with Crippen molar-refractivity contribution in [3.05, 3.63) is 23.2 Å². The second-order valence-corrected chi connectivity index (χ2v) is 4.77. The van der Waals surface area contributed by atoms with Gasteiger partial charge in [-0.15, -0.1) is 0 Å². The molecule has 1 aromatic carbocycles. The number of anilines is 2. The highest BCUT2D eigenvalue weighted by atomic mass is 35.5. The lowest BCUT2D eigenvalue weighted by Gasteiger charge is -2.28. The molecule has 0 spiro atoms. The predicted molar refractivity (Wildman–Crippen MR) is 66.0 cm³/mol. The summed E-state index contributed by atoms with van der Waals surface area (Å²) in [6, 6.07) is 4.32. The molecule has 0 aromatic heterocycles. The van der Waals surface area contributed by atoms with Gasteiger partial charge in [-0.25, -0.2) is 4.79 Å². The summed E-state index contributed by atoms with van der Waals surface area (Å²) in [4.78, 5) is 24.7. The predicted octanol–water partition coefficient (Wildman–Crippen LogP) is 1.76. The van der Waals surface area contributed by atoms with E-state index in [4.69, 9.17) is 17.3 Å². The zero-order valence-corrected chi connectivity index (χ0v) is 10.2. The van der Waals surface area contributed by atoms with Crippen molar-refractivity contribution in [1.82, 2.24) is 5.32 Å². The molecule has 1 heterocycles. The first-order chi connectivity index (χ1) is 7.84. The van der Waals surface area contributed by atoms with E-state index in [1.807, 2.05) is 0 Å². The monoisotopic (exact) mass is 253 g/mol. The zero-order valence-electron chi connectivity index (χ0n) is 9.45. The maximum absolute atomic E-state index is 11.7. The largest absolute Gasteiger partial charge is 0.399 e. The van der Waals surface area contributed by atoms with Crippen molar-refractivity contribution in [1.29, 1.82) is 0 Å². The van der Waals surface area contributed by atoms with Gasteiger partial charge in [0.05, 0.1) is 10.7 Å². The van der Waals surface area contributed by atoms with E-state index >= 15 is 0 Å². The fourth-order valence-electron chi connectivity index (χ4n) is 1.78. The Balaban J connectivity index is 2.53. The molecular formula is C11H12ClN3O2. The normalized spacial score (nSPS) is 18.4. The van der Waals surface area contributed by atoms with Crippen LogP contribution in [0.2, 0.25) is 5.02 Å². The van der Waals surface area contributed by atoms with Gasteiger partial charge in [-0.3, -0.25) is 15.0 Å². The van der Waals surface area contributed by atoms with Crippen LogP contribution in [-0.4, -0.2) is 17.5 Å². The summed E-state index contributed by atoms with van der Waals surface area (Å²) in [6.45, 7) is 3.31. The third-order valence-electron chi connectivity index (χ3n) is 2.75. The van der Waals surface area contributed by atoms with Gasteiger partial charge < -0.3 is 5.73 Å². The van der Waals surface area contributed by atoms with E-state index in [1.54, 1.807) is 32.0 Å². The number of hydrogen-bond donors (Lipinski definition) is 2. The SMILES string of the molecule is CC1(C)C(=O)NC(=O)N1c1ccc(N)cc1Cl. The van der Waals surface area contributed by atoms with E-state index in [0.29, 0.717) is 16.4 Å². The summed E-state index contributed by atoms with van der Waals surface area (Å²) >= 11 is 6.04. The number of amides is 3. The molecule has 1 fully saturated rings. The molecule has 0 atom stereocenters. The van der Waals surface area contributed by atoms with E-state index < -0.39 is 11.6 Å². The molecule has 1 aromatic rings. The van der Waals surface area contributed by atoms with Crippen LogP contribution < -0.4 is 16.0 Å². The van der Waals surface area contributed by atoms with Gasteiger partial charge in [-0.05, 0) is 32.0 Å². The standard InChI is InChI=1S/C11H12ClN3O2/c1-11(2)9(16)14-10(17)15(11)8-4-3-6(13)5-7(8)12/h3-5H,13H2,1-2H3,(H,14,16,17). The number of nitrogen functional groups attached to an aromatic ring is 1. The lowest BCUT2D eigenvalue weighted by Crippen LogP contribution is -2.44. The molecule has 1 aliphatic rings. The molecule has 3 amide bonds. The molecule has 17 heavy (non-hydrogen) atoms. The molecule has 6 heteroatoms. The van der Waals surface area contributed by atoms with Crippen molar-refractivity contribution in [3.63, 3.8) is 0 Å². The van der Waals surface area contributed by atoms with Crippen LogP contribution in [0.15, 0.2) is 18.2 Å². The first-order valence-corrected chi connectivity index (χ1v) is 5.42. The summed E-state index contributed by atoms with van der Waals surface area (Å²) in [5.41, 5.74) is 5.59. The lowest BCUT2D eigenvalue weighted by atomic mass is 10.0. The van der Waals surface area contributed by atoms with Gasteiger partial charge in [0.2, 0.25) is 0 Å². The summed E-state index contributed by atoms with van der Waals surface area (Å²) in [6.07, 6.45) is 0. The molecule has 1 aliphatic heterocycles. The number of benzene rings is 1. The Kier molecular flexibility index (Phi) is 2.50. The number of carbonyl (C=O) groups is 2. The van der Waals surface area contributed by atoms with Gasteiger partial charge in [-0.2, -0.15) is 0 Å². The number of nitrogens with zero attached hydrogens (tertiary/aromatic N) is 1. The Hall–Kier alpha value is -1.75. The minimum Gasteiger partial charge on any atom is -0.399 e. The average molecular weight is 254 g/mol. The van der Waals surface area contributed by atoms with Crippen molar-refractivity contribution < 1.29 is 9.59 Å². The Morgan fingerprint density at radius 3 is 2.47 bits per heavy atom. The third kappa shape index (κ3) is 1.72. The molecule has 0 aliphatic carbocycles. The van der Waals surface area contributed by atoms with Crippen LogP contribution in [-0.2, 0) is 4.79 Å². The van der Waals surface area contributed by atoms with Crippen molar-refractivity contribution in [2.75, 3.05) is 10.6 Å². The Morgan fingerprint density at radius 2 is 2.00 bits per heavy atom. The van der Waals surface area contributed by atoms with Crippen LogP contribution >= 0.6 is 11.6 Å². The molecule has 90 valence electrons. The second-order valence-electron chi connectivity index (χ2n) is 4.36. The van der Waals surface area contributed by atoms with Crippen LogP contribution in [0.1, 0.15) is 13.8 Å². The van der Waals surface area contributed by atoms with Crippen LogP contribution in [0.5, 0.6) is 0 Å². The molecule has 5 nitrogen and oxygen atoms in total. The van der Waals surface area contributed by atoms with Crippen molar-refractivity contribution in [2.24, 2.45) is 0 Å². The van der Waals surface area contributed by atoms with Crippen molar-refractivity contribution in [2.45, 2.75) is 19.4 Å². The van der Waals surface area contributed by atoms with E-state index in [2.05, 4.69) is 5.32 Å². The summed E-state index contributed by atoms with van der Waals surface area (Å²) in [5.74, 6) is -0.351. The van der Waals surface area contributed by atoms with Gasteiger partial charge in [0.1, 0.15) is 5.54 Å². The Labute approximate surface area is 104 Å². The van der Waals surface area contributed by atoms with Gasteiger partial charge >= 0.3 is 6.03 Å². The lowest BCUT2D eigenvalue weighted by molar-refractivity contribution is -0.122. The van der Waals surface area contributed by atoms with Gasteiger partial charge in [0, 0.05) is 5.69 Å². The number of nitrogens with two attached hydrogens (primary N) is 1. The highest BCUT2D eigenvalue weighted by Gasteiger charge is 2.47. The maximum Gasteiger partial charge on any atom is 0.329 e. The van der Waals surface area contributed by atoms with Gasteiger partial charge in [0.15, 0.2) is 0 Å². The van der Waals surface area contributed by atoms with Crippen LogP contribution in [0, 0.1) is 0 Å². The average Bonchev–Trinajstić information content (AvgIpc) is 2.39. The molecule has 0 saturated carbocycles. The molecule has 0 unspecified atom stereocenters. The number of hydrogen-bond acceptors (Lipinski definition) is 3. The highest BCUT2D eigenvalue weighted by Crippen LogP contribution is 2.34. The minimum absolute atomic E-state index is 0.336. The number of nitrogens with one attached hydrogen (secondary N) is 1. The third-order valence-corrected chi connectivity index (χ3v) is 3.05. The number of rotatable bonds is 1. The van der Waals surface area contributed by atoms with Crippen LogP contribution in [0.3, 0.4) is 0 Å². The molecule has 1 saturated heterocycles. The van der Waals surface area contributed by atoms with Gasteiger partial charge in [0.25, 0.3) is 5.91 Å². The molecule has 0 bridgehead atoms. The fourth-order valence-corrected chi connectivity index (χ4v) is 2.05. The summed E-state index contributed by atoms with van der Waals surface area (Å²) in [5, 5.41) is 2.59. The summed E-state index contributed by atoms with van der Waals surface area (Å²) < 4.78 is 0. The van der Waals surface area contributed by atoms with Crippen molar-refractivity contribution >= 4 is 34.9 Å². The first-order valence-electron chi connectivity index (χ1n) is 5.04. The smallest absolute Gasteiger partial charge is 0.329 e. The van der Waals surface area contributed by atoms with E-state index in [9.17, 15) is 9.59 Å². The second kappa shape index (κ2) is 3.63.